The number of benzene rings is 2. The minimum absolute atomic E-state index is 0.0220. The van der Waals surface area contributed by atoms with Crippen molar-refractivity contribution in [3.8, 4) is 5.75 Å². The Labute approximate surface area is 178 Å². The van der Waals surface area contributed by atoms with E-state index in [-0.39, 0.29) is 18.5 Å². The number of rotatable bonds is 7. The molecule has 0 saturated carbocycles. The van der Waals surface area contributed by atoms with Crippen molar-refractivity contribution in [2.45, 2.75) is 32.6 Å². The van der Waals surface area contributed by atoms with Gasteiger partial charge in [-0.05, 0) is 73.9 Å². The fourth-order valence-corrected chi connectivity index (χ4v) is 3.80. The summed E-state index contributed by atoms with van der Waals surface area (Å²) in [4.78, 5) is 26.3. The second-order valence-corrected chi connectivity index (χ2v) is 7.89. The van der Waals surface area contributed by atoms with E-state index in [1.807, 2.05) is 48.2 Å². The number of methoxy groups -OCH3 is 1. The van der Waals surface area contributed by atoms with E-state index in [0.29, 0.717) is 5.92 Å². The van der Waals surface area contributed by atoms with E-state index in [9.17, 15) is 9.59 Å². The summed E-state index contributed by atoms with van der Waals surface area (Å²) in [6.07, 6.45) is 4.20. The number of anilines is 1. The van der Waals surface area contributed by atoms with Crippen LogP contribution in [0.5, 0.6) is 5.75 Å². The van der Waals surface area contributed by atoms with Gasteiger partial charge < -0.3 is 20.3 Å². The highest BCUT2D eigenvalue weighted by Gasteiger charge is 2.22. The number of hydrogen-bond acceptors (Lipinski definition) is 3. The maximum absolute atomic E-state index is 12.4. The molecule has 6 heteroatoms. The first-order valence-electron chi connectivity index (χ1n) is 10.6. The van der Waals surface area contributed by atoms with Crippen molar-refractivity contribution in [3.05, 3.63) is 59.7 Å². The van der Waals surface area contributed by atoms with Gasteiger partial charge in [0.25, 0.3) is 0 Å². The number of carbonyl (C=O) groups is 2. The van der Waals surface area contributed by atoms with Crippen molar-refractivity contribution < 1.29 is 14.3 Å². The lowest BCUT2D eigenvalue weighted by Crippen LogP contribution is -2.44. The molecule has 0 radical (unpaired) electrons. The number of piperidine rings is 1. The lowest BCUT2D eigenvalue weighted by atomic mass is 9.90. The Kier molecular flexibility index (Phi) is 7.71. The molecule has 6 nitrogen and oxygen atoms in total. The Morgan fingerprint density at radius 3 is 2.50 bits per heavy atom. The molecule has 0 aromatic heterocycles. The largest absolute Gasteiger partial charge is 0.497 e. The second kappa shape index (κ2) is 10.7. The van der Waals surface area contributed by atoms with Crippen LogP contribution in [0.25, 0.3) is 0 Å². The summed E-state index contributed by atoms with van der Waals surface area (Å²) in [5, 5.41) is 5.42. The van der Waals surface area contributed by atoms with Crippen molar-refractivity contribution >= 4 is 17.6 Å². The summed E-state index contributed by atoms with van der Waals surface area (Å²) >= 11 is 0. The molecule has 0 spiro atoms. The fraction of sp³-hybridized carbons (Fsp3) is 0.417. The number of carbonyl (C=O) groups excluding carboxylic acids is 2. The van der Waals surface area contributed by atoms with Gasteiger partial charge in [0.05, 0.1) is 13.7 Å². The molecule has 0 atom stereocenters. The minimum atomic E-state index is -0.358. The summed E-state index contributed by atoms with van der Waals surface area (Å²) in [5.74, 6) is 1.49. The first-order valence-corrected chi connectivity index (χ1v) is 10.6. The highest BCUT2D eigenvalue weighted by molar-refractivity contribution is 5.92. The third kappa shape index (κ3) is 6.51. The molecular formula is C24H31N3O3. The quantitative estimate of drug-likeness (QED) is 0.726. The lowest BCUT2D eigenvalue weighted by molar-refractivity contribution is -0.131. The Hall–Kier alpha value is -3.02. The van der Waals surface area contributed by atoms with Crippen LogP contribution >= 0.6 is 0 Å². The van der Waals surface area contributed by atoms with Gasteiger partial charge in [-0.25, -0.2) is 4.79 Å². The van der Waals surface area contributed by atoms with Crippen LogP contribution in [0, 0.1) is 12.8 Å². The highest BCUT2D eigenvalue weighted by Crippen LogP contribution is 2.23. The lowest BCUT2D eigenvalue weighted by Gasteiger charge is -2.32. The zero-order chi connectivity index (χ0) is 21.3. The van der Waals surface area contributed by atoms with Crippen molar-refractivity contribution in [1.82, 2.24) is 10.2 Å². The minimum Gasteiger partial charge on any atom is -0.497 e. The van der Waals surface area contributed by atoms with Crippen LogP contribution in [0.1, 0.15) is 30.4 Å². The molecule has 1 heterocycles. The van der Waals surface area contributed by atoms with Crippen molar-refractivity contribution in [1.29, 1.82) is 0 Å². The van der Waals surface area contributed by atoms with E-state index in [0.717, 1.165) is 55.8 Å². The standard InChI is InChI=1S/C24H31N3O3/c1-18-4-3-5-21(16-18)26-24(29)25-17-23(28)27-14-12-20(13-15-27)7-6-19-8-10-22(30-2)11-9-19/h3-5,8-11,16,20H,6-7,12-15,17H2,1-2H3,(H2,25,26,29). The molecule has 0 unspecified atom stereocenters. The van der Waals surface area contributed by atoms with Gasteiger partial charge in [-0.15, -0.1) is 0 Å². The number of likely N-dealkylation sites (tertiary alicyclic amines) is 1. The number of ether oxygens (including phenoxy) is 1. The number of aryl methyl sites for hydroxylation is 2. The van der Waals surface area contributed by atoms with Gasteiger partial charge in [0.15, 0.2) is 0 Å². The maximum Gasteiger partial charge on any atom is 0.319 e. The molecule has 30 heavy (non-hydrogen) atoms. The van der Waals surface area contributed by atoms with Crippen LogP contribution in [0.3, 0.4) is 0 Å². The predicted octanol–water partition coefficient (Wildman–Crippen LogP) is 4.00. The molecule has 1 aliphatic rings. The van der Waals surface area contributed by atoms with Crippen molar-refractivity contribution in [3.63, 3.8) is 0 Å². The molecule has 1 saturated heterocycles. The number of hydrogen-bond donors (Lipinski definition) is 2. The van der Waals surface area contributed by atoms with Gasteiger partial charge in [-0.3, -0.25) is 4.79 Å². The highest BCUT2D eigenvalue weighted by atomic mass is 16.5. The van der Waals surface area contributed by atoms with Gasteiger partial charge in [-0.1, -0.05) is 24.3 Å². The van der Waals surface area contributed by atoms with Crippen molar-refractivity contribution in [2.24, 2.45) is 5.92 Å². The SMILES string of the molecule is COc1ccc(CCC2CCN(C(=O)CNC(=O)Nc3cccc(C)c3)CC2)cc1. The third-order valence-electron chi connectivity index (χ3n) is 5.64. The summed E-state index contributed by atoms with van der Waals surface area (Å²) in [7, 11) is 1.68. The average Bonchev–Trinajstić information content (AvgIpc) is 2.77. The van der Waals surface area contributed by atoms with Crippen LogP contribution in [0.15, 0.2) is 48.5 Å². The number of amides is 3. The summed E-state index contributed by atoms with van der Waals surface area (Å²) in [6, 6.07) is 15.4. The first kappa shape index (κ1) is 21.7. The monoisotopic (exact) mass is 409 g/mol. The average molecular weight is 410 g/mol. The normalized spacial score (nSPS) is 14.3. The molecular weight excluding hydrogens is 378 g/mol. The van der Waals surface area contributed by atoms with Crippen LogP contribution in [-0.2, 0) is 11.2 Å². The third-order valence-corrected chi connectivity index (χ3v) is 5.64. The zero-order valence-corrected chi connectivity index (χ0v) is 17.8. The van der Waals surface area contributed by atoms with Crippen LogP contribution < -0.4 is 15.4 Å². The molecule has 2 aromatic carbocycles. The maximum atomic E-state index is 12.4. The van der Waals surface area contributed by atoms with Gasteiger partial charge in [0.1, 0.15) is 5.75 Å². The molecule has 160 valence electrons. The summed E-state index contributed by atoms with van der Waals surface area (Å²) in [5.41, 5.74) is 3.11. The molecule has 1 aliphatic heterocycles. The van der Waals surface area contributed by atoms with E-state index in [2.05, 4.69) is 22.8 Å². The van der Waals surface area contributed by atoms with Gasteiger partial charge in [-0.2, -0.15) is 0 Å². The molecule has 0 bridgehead atoms. The fourth-order valence-electron chi connectivity index (χ4n) is 3.80. The van der Waals surface area contributed by atoms with Crippen LogP contribution in [0.2, 0.25) is 0 Å². The molecule has 3 rings (SSSR count). The summed E-state index contributed by atoms with van der Waals surface area (Å²) < 4.78 is 5.20. The number of nitrogens with zero attached hydrogens (tertiary/aromatic N) is 1. The van der Waals surface area contributed by atoms with Crippen LogP contribution in [0.4, 0.5) is 10.5 Å². The van der Waals surface area contributed by atoms with Gasteiger partial charge in [0.2, 0.25) is 5.91 Å². The van der Waals surface area contributed by atoms with E-state index < -0.39 is 0 Å². The first-order chi connectivity index (χ1) is 14.5. The predicted molar refractivity (Wildman–Crippen MR) is 119 cm³/mol. The summed E-state index contributed by atoms with van der Waals surface area (Å²) in [6.45, 7) is 3.50. The van der Waals surface area contributed by atoms with Crippen molar-refractivity contribution in [2.75, 3.05) is 32.1 Å². The zero-order valence-electron chi connectivity index (χ0n) is 17.8. The molecule has 2 N–H and O–H groups in total. The smallest absolute Gasteiger partial charge is 0.319 e. The van der Waals surface area contributed by atoms with E-state index in [4.69, 9.17) is 4.74 Å². The van der Waals surface area contributed by atoms with Crippen LogP contribution in [-0.4, -0.2) is 43.6 Å². The molecule has 3 amide bonds. The Bertz CT molecular complexity index is 843. The Balaban J connectivity index is 1.34. The van der Waals surface area contributed by atoms with Gasteiger partial charge in [0, 0.05) is 18.8 Å². The van der Waals surface area contributed by atoms with E-state index >= 15 is 0 Å². The van der Waals surface area contributed by atoms with E-state index in [1.165, 1.54) is 5.56 Å². The number of nitrogens with one attached hydrogen (secondary N) is 2. The van der Waals surface area contributed by atoms with E-state index in [1.54, 1.807) is 7.11 Å². The molecule has 1 fully saturated rings. The number of urea groups is 1. The second-order valence-electron chi connectivity index (χ2n) is 7.89. The Morgan fingerprint density at radius 2 is 1.83 bits per heavy atom. The van der Waals surface area contributed by atoms with Gasteiger partial charge >= 0.3 is 6.03 Å². The molecule has 0 aliphatic carbocycles. The Morgan fingerprint density at radius 1 is 1.10 bits per heavy atom. The molecule has 2 aromatic rings. The topological polar surface area (TPSA) is 70.7 Å².